The van der Waals surface area contributed by atoms with Crippen molar-refractivity contribution in [3.8, 4) is 0 Å². The molecule has 15 heavy (non-hydrogen) atoms. The van der Waals surface area contributed by atoms with Crippen LogP contribution in [0.25, 0.3) is 0 Å². The quantitative estimate of drug-likeness (QED) is 0.470. The van der Waals surface area contributed by atoms with Crippen molar-refractivity contribution in [2.45, 2.75) is 32.6 Å². The molecule has 0 saturated heterocycles. The van der Waals surface area contributed by atoms with E-state index in [0.717, 1.165) is 19.3 Å². The largest absolute Gasteiger partial charge is 0.103 e. The summed E-state index contributed by atoms with van der Waals surface area (Å²) < 4.78 is 0. The second-order valence-electron chi connectivity index (χ2n) is 3.88. The van der Waals surface area contributed by atoms with Crippen molar-refractivity contribution in [3.63, 3.8) is 0 Å². The number of hydrogen-bond donors (Lipinski definition) is 0. The van der Waals surface area contributed by atoms with Gasteiger partial charge in [0.1, 0.15) is 0 Å². The Kier molecular flexibility index (Phi) is 5.54. The minimum atomic E-state index is 1.05. The summed E-state index contributed by atoms with van der Waals surface area (Å²) in [5.41, 5.74) is 2.74. The maximum atomic E-state index is 3.71. The van der Waals surface area contributed by atoms with E-state index in [1.807, 2.05) is 6.08 Å². The SMILES string of the molecule is C=CCCC/C=C/Cc1cccc(C)c1. The molecule has 0 fully saturated rings. The average molecular weight is 200 g/mol. The maximum absolute atomic E-state index is 3.71. The molecule has 0 amide bonds. The van der Waals surface area contributed by atoms with Gasteiger partial charge in [-0.1, -0.05) is 48.1 Å². The minimum Gasteiger partial charge on any atom is -0.103 e. The van der Waals surface area contributed by atoms with Gasteiger partial charge < -0.3 is 0 Å². The first-order valence-electron chi connectivity index (χ1n) is 5.64. The first kappa shape index (κ1) is 11.8. The van der Waals surface area contributed by atoms with Crippen molar-refractivity contribution in [2.75, 3.05) is 0 Å². The van der Waals surface area contributed by atoms with Gasteiger partial charge in [-0.3, -0.25) is 0 Å². The Morgan fingerprint density at radius 1 is 1.20 bits per heavy atom. The third-order valence-corrected chi connectivity index (χ3v) is 2.38. The molecule has 0 aliphatic carbocycles. The van der Waals surface area contributed by atoms with Crippen LogP contribution in [0.4, 0.5) is 0 Å². The molecule has 0 aromatic heterocycles. The van der Waals surface area contributed by atoms with Gasteiger partial charge >= 0.3 is 0 Å². The molecule has 80 valence electrons. The average Bonchev–Trinajstić information content (AvgIpc) is 2.23. The van der Waals surface area contributed by atoms with Crippen LogP contribution in [-0.4, -0.2) is 0 Å². The van der Waals surface area contributed by atoms with E-state index in [4.69, 9.17) is 0 Å². The van der Waals surface area contributed by atoms with Crippen LogP contribution in [0, 0.1) is 6.92 Å². The molecule has 0 aliphatic heterocycles. The number of allylic oxidation sites excluding steroid dienone is 3. The van der Waals surface area contributed by atoms with Crippen LogP contribution in [0.5, 0.6) is 0 Å². The number of aryl methyl sites for hydroxylation is 1. The molecule has 0 N–H and O–H groups in total. The molecular formula is C15H20. The van der Waals surface area contributed by atoms with Crippen molar-refractivity contribution in [3.05, 3.63) is 60.2 Å². The van der Waals surface area contributed by atoms with Gasteiger partial charge in [-0.05, 0) is 38.2 Å². The third kappa shape index (κ3) is 5.21. The van der Waals surface area contributed by atoms with Crippen LogP contribution < -0.4 is 0 Å². The molecule has 0 heterocycles. The third-order valence-electron chi connectivity index (χ3n) is 2.38. The van der Waals surface area contributed by atoms with E-state index in [-0.39, 0.29) is 0 Å². The summed E-state index contributed by atoms with van der Waals surface area (Å²) >= 11 is 0. The lowest BCUT2D eigenvalue weighted by atomic mass is 10.1. The molecule has 0 unspecified atom stereocenters. The number of unbranched alkanes of at least 4 members (excludes halogenated alkanes) is 2. The van der Waals surface area contributed by atoms with Crippen molar-refractivity contribution >= 4 is 0 Å². The Hall–Kier alpha value is -1.30. The van der Waals surface area contributed by atoms with Gasteiger partial charge in [0.2, 0.25) is 0 Å². The smallest absolute Gasteiger partial charge is 0.00974 e. The maximum Gasteiger partial charge on any atom is -0.00974 e. The molecule has 0 saturated carbocycles. The molecule has 1 rings (SSSR count). The van der Waals surface area contributed by atoms with Gasteiger partial charge in [0, 0.05) is 0 Å². The lowest BCUT2D eigenvalue weighted by molar-refractivity contribution is 0.867. The fourth-order valence-corrected chi connectivity index (χ4v) is 1.56. The molecule has 0 atom stereocenters. The number of hydrogen-bond acceptors (Lipinski definition) is 0. The van der Waals surface area contributed by atoms with Gasteiger partial charge in [0.05, 0.1) is 0 Å². The molecule has 0 spiro atoms. The number of benzene rings is 1. The Morgan fingerprint density at radius 3 is 2.80 bits per heavy atom. The van der Waals surface area contributed by atoms with E-state index < -0.39 is 0 Å². The second-order valence-corrected chi connectivity index (χ2v) is 3.88. The fourth-order valence-electron chi connectivity index (χ4n) is 1.56. The standard InChI is InChI=1S/C15H20/c1-3-4-5-6-7-8-11-15-12-9-10-14(2)13-15/h3,7-10,12-13H,1,4-6,11H2,2H3/b8-7+. The summed E-state index contributed by atoms with van der Waals surface area (Å²) in [4.78, 5) is 0. The molecule has 1 aromatic carbocycles. The summed E-state index contributed by atoms with van der Waals surface area (Å²) in [7, 11) is 0. The Bertz CT molecular complexity index is 321. The Labute approximate surface area is 93.3 Å². The van der Waals surface area contributed by atoms with Crippen molar-refractivity contribution in [1.29, 1.82) is 0 Å². The van der Waals surface area contributed by atoms with E-state index in [1.165, 1.54) is 17.5 Å². The minimum absolute atomic E-state index is 1.05. The molecule has 0 radical (unpaired) electrons. The molecule has 0 bridgehead atoms. The predicted molar refractivity (Wildman–Crippen MR) is 68.1 cm³/mol. The first-order valence-corrected chi connectivity index (χ1v) is 5.64. The molecule has 0 heteroatoms. The first-order chi connectivity index (χ1) is 7.33. The highest BCUT2D eigenvalue weighted by Gasteiger charge is 1.89. The summed E-state index contributed by atoms with van der Waals surface area (Å²) in [5, 5.41) is 0. The van der Waals surface area contributed by atoms with E-state index in [1.54, 1.807) is 0 Å². The van der Waals surface area contributed by atoms with E-state index in [9.17, 15) is 0 Å². The van der Waals surface area contributed by atoms with Crippen molar-refractivity contribution < 1.29 is 0 Å². The summed E-state index contributed by atoms with van der Waals surface area (Å²) in [5.74, 6) is 0. The van der Waals surface area contributed by atoms with Crippen LogP contribution in [0.2, 0.25) is 0 Å². The highest BCUT2D eigenvalue weighted by Crippen LogP contribution is 2.06. The lowest BCUT2D eigenvalue weighted by Crippen LogP contribution is -1.81. The van der Waals surface area contributed by atoms with Crippen LogP contribution in [-0.2, 0) is 6.42 Å². The van der Waals surface area contributed by atoms with Crippen molar-refractivity contribution in [2.24, 2.45) is 0 Å². The summed E-state index contributed by atoms with van der Waals surface area (Å²) in [6, 6.07) is 8.68. The zero-order valence-electron chi connectivity index (χ0n) is 9.58. The lowest BCUT2D eigenvalue weighted by Gasteiger charge is -1.97. The highest BCUT2D eigenvalue weighted by atomic mass is 13.9. The van der Waals surface area contributed by atoms with E-state index in [0.29, 0.717) is 0 Å². The van der Waals surface area contributed by atoms with Gasteiger partial charge in [0.15, 0.2) is 0 Å². The van der Waals surface area contributed by atoms with E-state index in [2.05, 4.69) is 49.9 Å². The fraction of sp³-hybridized carbons (Fsp3) is 0.333. The van der Waals surface area contributed by atoms with Crippen LogP contribution in [0.1, 0.15) is 30.4 Å². The molecule has 1 aromatic rings. The summed E-state index contributed by atoms with van der Waals surface area (Å²) in [6.07, 6.45) is 11.1. The second kappa shape index (κ2) is 7.05. The van der Waals surface area contributed by atoms with Crippen LogP contribution in [0.15, 0.2) is 49.1 Å². The molecule has 0 nitrogen and oxygen atoms in total. The van der Waals surface area contributed by atoms with Crippen molar-refractivity contribution in [1.82, 2.24) is 0 Å². The zero-order valence-corrected chi connectivity index (χ0v) is 9.58. The summed E-state index contributed by atoms with van der Waals surface area (Å²) in [6.45, 7) is 5.85. The van der Waals surface area contributed by atoms with Crippen LogP contribution >= 0.6 is 0 Å². The molecule has 0 aliphatic rings. The van der Waals surface area contributed by atoms with Gasteiger partial charge in [-0.15, -0.1) is 6.58 Å². The normalized spacial score (nSPS) is 10.7. The van der Waals surface area contributed by atoms with Gasteiger partial charge in [-0.2, -0.15) is 0 Å². The monoisotopic (exact) mass is 200 g/mol. The van der Waals surface area contributed by atoms with Crippen LogP contribution in [0.3, 0.4) is 0 Å². The van der Waals surface area contributed by atoms with E-state index >= 15 is 0 Å². The molecular weight excluding hydrogens is 180 g/mol. The number of rotatable bonds is 6. The Balaban J connectivity index is 2.27. The zero-order chi connectivity index (χ0) is 10.9. The Morgan fingerprint density at radius 2 is 2.07 bits per heavy atom. The highest BCUT2D eigenvalue weighted by molar-refractivity contribution is 5.23. The topological polar surface area (TPSA) is 0 Å². The van der Waals surface area contributed by atoms with Gasteiger partial charge in [0.25, 0.3) is 0 Å². The van der Waals surface area contributed by atoms with Gasteiger partial charge in [-0.25, -0.2) is 0 Å². The predicted octanol–water partition coefficient (Wildman–Crippen LogP) is 4.45.